The van der Waals surface area contributed by atoms with Gasteiger partial charge in [-0.15, -0.1) is 0 Å². The summed E-state index contributed by atoms with van der Waals surface area (Å²) < 4.78 is 1.86. The van der Waals surface area contributed by atoms with Crippen molar-refractivity contribution in [3.05, 3.63) is 59.0 Å². The first-order valence-electron chi connectivity index (χ1n) is 7.03. The predicted octanol–water partition coefficient (Wildman–Crippen LogP) is 3.54. The van der Waals surface area contributed by atoms with Crippen LogP contribution in [0, 0.1) is 0 Å². The first kappa shape index (κ1) is 14.0. The second kappa shape index (κ2) is 5.84. The molecular formula is C16H17ClN4. The average molecular weight is 301 g/mol. The number of nitrogens with two attached hydrogens (primary N) is 1. The van der Waals surface area contributed by atoms with Crippen molar-refractivity contribution in [3.8, 4) is 0 Å². The van der Waals surface area contributed by atoms with E-state index in [4.69, 9.17) is 17.3 Å². The Kier molecular flexibility index (Phi) is 3.90. The molecule has 1 unspecified atom stereocenters. The normalized spacial score (nSPS) is 12.7. The summed E-state index contributed by atoms with van der Waals surface area (Å²) in [5.74, 6) is 0. The fourth-order valence-corrected chi connectivity index (χ4v) is 2.72. The number of hydrogen-bond acceptors (Lipinski definition) is 3. The molecule has 2 heterocycles. The lowest BCUT2D eigenvalue weighted by Crippen LogP contribution is -2.19. The van der Waals surface area contributed by atoms with E-state index in [9.17, 15) is 0 Å². The second-order valence-electron chi connectivity index (χ2n) is 5.01. The molecule has 0 aliphatic heterocycles. The van der Waals surface area contributed by atoms with Gasteiger partial charge in [0.15, 0.2) is 0 Å². The van der Waals surface area contributed by atoms with Gasteiger partial charge >= 0.3 is 0 Å². The van der Waals surface area contributed by atoms with E-state index in [-0.39, 0.29) is 6.04 Å². The van der Waals surface area contributed by atoms with Gasteiger partial charge in [-0.2, -0.15) is 5.10 Å². The van der Waals surface area contributed by atoms with Crippen molar-refractivity contribution >= 4 is 22.5 Å². The van der Waals surface area contributed by atoms with Crippen LogP contribution in [0.4, 0.5) is 0 Å². The number of pyridine rings is 1. The van der Waals surface area contributed by atoms with Crippen molar-refractivity contribution in [1.82, 2.24) is 14.8 Å². The third kappa shape index (κ3) is 2.64. The SMILES string of the molecule is CCCn1ncc(Cl)c1C(N)c1ccc2ccccc2n1. The van der Waals surface area contributed by atoms with E-state index in [2.05, 4.69) is 17.0 Å². The van der Waals surface area contributed by atoms with E-state index < -0.39 is 0 Å². The molecule has 21 heavy (non-hydrogen) atoms. The molecule has 0 bridgehead atoms. The highest BCUT2D eigenvalue weighted by Gasteiger charge is 2.19. The van der Waals surface area contributed by atoms with Crippen LogP contribution in [0.1, 0.15) is 30.8 Å². The summed E-state index contributed by atoms with van der Waals surface area (Å²) in [5.41, 5.74) is 8.93. The van der Waals surface area contributed by atoms with Crippen LogP contribution >= 0.6 is 11.6 Å². The van der Waals surface area contributed by atoms with Crippen LogP contribution in [0.25, 0.3) is 10.9 Å². The molecule has 0 aliphatic rings. The maximum absolute atomic E-state index is 6.38. The molecule has 0 amide bonds. The molecule has 108 valence electrons. The van der Waals surface area contributed by atoms with Gasteiger partial charge in [-0.25, -0.2) is 0 Å². The van der Waals surface area contributed by atoms with Crippen molar-refractivity contribution in [1.29, 1.82) is 0 Å². The Morgan fingerprint density at radius 2 is 2.05 bits per heavy atom. The monoisotopic (exact) mass is 300 g/mol. The summed E-state index contributed by atoms with van der Waals surface area (Å²) in [7, 11) is 0. The van der Waals surface area contributed by atoms with Gasteiger partial charge in [-0.3, -0.25) is 9.67 Å². The Labute approximate surface area is 128 Å². The number of benzene rings is 1. The molecule has 2 N–H and O–H groups in total. The van der Waals surface area contributed by atoms with Gasteiger partial charge < -0.3 is 5.73 Å². The van der Waals surface area contributed by atoms with E-state index in [1.165, 1.54) is 0 Å². The molecule has 0 spiro atoms. The summed E-state index contributed by atoms with van der Waals surface area (Å²) in [6, 6.07) is 11.6. The maximum atomic E-state index is 6.38. The number of fused-ring (bicyclic) bond motifs is 1. The van der Waals surface area contributed by atoms with Crippen molar-refractivity contribution in [2.75, 3.05) is 0 Å². The average Bonchev–Trinajstić information content (AvgIpc) is 2.87. The summed E-state index contributed by atoms with van der Waals surface area (Å²) >= 11 is 6.25. The Morgan fingerprint density at radius 1 is 1.24 bits per heavy atom. The third-order valence-corrected chi connectivity index (χ3v) is 3.79. The van der Waals surface area contributed by atoms with E-state index in [1.54, 1.807) is 6.20 Å². The maximum Gasteiger partial charge on any atom is 0.0912 e. The minimum Gasteiger partial charge on any atom is -0.318 e. The quantitative estimate of drug-likeness (QED) is 0.801. The van der Waals surface area contributed by atoms with Gasteiger partial charge in [-0.1, -0.05) is 42.8 Å². The van der Waals surface area contributed by atoms with Crippen LogP contribution in [0.2, 0.25) is 5.02 Å². The number of para-hydroxylation sites is 1. The van der Waals surface area contributed by atoms with Crippen molar-refractivity contribution in [3.63, 3.8) is 0 Å². The molecule has 0 aliphatic carbocycles. The lowest BCUT2D eigenvalue weighted by atomic mass is 10.1. The summed E-state index contributed by atoms with van der Waals surface area (Å²) in [5, 5.41) is 5.98. The van der Waals surface area contributed by atoms with Crippen LogP contribution in [0.3, 0.4) is 0 Å². The Bertz CT molecular complexity index is 766. The van der Waals surface area contributed by atoms with Crippen LogP contribution in [-0.4, -0.2) is 14.8 Å². The number of rotatable bonds is 4. The third-order valence-electron chi connectivity index (χ3n) is 3.50. The first-order valence-corrected chi connectivity index (χ1v) is 7.41. The Hall–Kier alpha value is -1.91. The lowest BCUT2D eigenvalue weighted by Gasteiger charge is -2.15. The van der Waals surface area contributed by atoms with Crippen LogP contribution in [-0.2, 0) is 6.54 Å². The standard InChI is InChI=1S/C16H17ClN4/c1-2-9-21-16(12(17)10-19-21)15(18)14-8-7-11-5-3-4-6-13(11)20-14/h3-8,10,15H,2,9,18H2,1H3. The molecule has 5 heteroatoms. The minimum atomic E-state index is -0.379. The summed E-state index contributed by atoms with van der Waals surface area (Å²) in [4.78, 5) is 4.65. The number of aromatic nitrogens is 3. The van der Waals surface area contributed by atoms with Crippen LogP contribution < -0.4 is 5.73 Å². The largest absolute Gasteiger partial charge is 0.318 e. The zero-order valence-electron chi connectivity index (χ0n) is 11.8. The molecule has 1 atom stereocenters. The molecular weight excluding hydrogens is 284 g/mol. The highest BCUT2D eigenvalue weighted by Crippen LogP contribution is 2.26. The fourth-order valence-electron chi connectivity index (χ4n) is 2.47. The van der Waals surface area contributed by atoms with Gasteiger partial charge in [-0.05, 0) is 18.6 Å². The van der Waals surface area contributed by atoms with E-state index >= 15 is 0 Å². The zero-order valence-corrected chi connectivity index (χ0v) is 12.6. The van der Waals surface area contributed by atoms with E-state index in [0.717, 1.165) is 35.3 Å². The van der Waals surface area contributed by atoms with Crippen molar-refractivity contribution in [2.45, 2.75) is 25.9 Å². The van der Waals surface area contributed by atoms with E-state index in [0.29, 0.717) is 5.02 Å². The van der Waals surface area contributed by atoms with Crippen molar-refractivity contribution in [2.24, 2.45) is 5.73 Å². The van der Waals surface area contributed by atoms with E-state index in [1.807, 2.05) is 41.1 Å². The Balaban J connectivity index is 2.03. The predicted molar refractivity (Wildman–Crippen MR) is 85.3 cm³/mol. The Morgan fingerprint density at radius 3 is 2.86 bits per heavy atom. The van der Waals surface area contributed by atoms with Gasteiger partial charge in [0.25, 0.3) is 0 Å². The summed E-state index contributed by atoms with van der Waals surface area (Å²) in [6.45, 7) is 2.89. The molecule has 1 aromatic carbocycles. The molecule has 0 saturated heterocycles. The minimum absolute atomic E-state index is 0.379. The number of hydrogen-bond donors (Lipinski definition) is 1. The van der Waals surface area contributed by atoms with Crippen molar-refractivity contribution < 1.29 is 0 Å². The smallest absolute Gasteiger partial charge is 0.0912 e. The number of nitrogens with zero attached hydrogens (tertiary/aromatic N) is 3. The van der Waals surface area contributed by atoms with Gasteiger partial charge in [0.2, 0.25) is 0 Å². The number of aryl methyl sites for hydroxylation is 1. The molecule has 4 nitrogen and oxygen atoms in total. The first-order chi connectivity index (χ1) is 10.2. The molecule has 0 saturated carbocycles. The molecule has 3 rings (SSSR count). The lowest BCUT2D eigenvalue weighted by molar-refractivity contribution is 0.557. The molecule has 3 aromatic rings. The second-order valence-corrected chi connectivity index (χ2v) is 5.41. The molecule has 2 aromatic heterocycles. The number of halogens is 1. The molecule has 0 radical (unpaired) electrons. The van der Waals surface area contributed by atoms with Crippen LogP contribution in [0.5, 0.6) is 0 Å². The highest BCUT2D eigenvalue weighted by atomic mass is 35.5. The fraction of sp³-hybridized carbons (Fsp3) is 0.250. The summed E-state index contributed by atoms with van der Waals surface area (Å²) in [6.07, 6.45) is 2.62. The van der Waals surface area contributed by atoms with Gasteiger partial charge in [0, 0.05) is 11.9 Å². The van der Waals surface area contributed by atoms with Crippen LogP contribution in [0.15, 0.2) is 42.6 Å². The zero-order chi connectivity index (χ0) is 14.8. The highest BCUT2D eigenvalue weighted by molar-refractivity contribution is 6.31. The topological polar surface area (TPSA) is 56.7 Å². The molecule has 0 fully saturated rings. The van der Waals surface area contributed by atoms with Gasteiger partial charge in [0.05, 0.1) is 34.2 Å². The van der Waals surface area contributed by atoms with Gasteiger partial charge in [0.1, 0.15) is 0 Å².